The van der Waals surface area contributed by atoms with Crippen molar-refractivity contribution in [3.63, 3.8) is 0 Å². The third-order valence-corrected chi connectivity index (χ3v) is 3.12. The molecule has 0 amide bonds. The lowest BCUT2D eigenvalue weighted by molar-refractivity contribution is 0.755. The van der Waals surface area contributed by atoms with Gasteiger partial charge in [-0.2, -0.15) is 0 Å². The highest BCUT2D eigenvalue weighted by Gasteiger charge is 2.18. The highest BCUT2D eigenvalue weighted by molar-refractivity contribution is 7.11. The topological polar surface area (TPSA) is 24.9 Å². The van der Waals surface area contributed by atoms with Crippen LogP contribution in [-0.4, -0.2) is 18.1 Å². The molecular formula is C8H12N2S. The number of thiazole rings is 1. The Morgan fingerprint density at radius 3 is 3.18 bits per heavy atom. The molecule has 1 saturated heterocycles. The van der Waals surface area contributed by atoms with Crippen LogP contribution in [0.4, 0.5) is 0 Å². The highest BCUT2D eigenvalue weighted by Crippen LogP contribution is 2.25. The summed E-state index contributed by atoms with van der Waals surface area (Å²) in [6.45, 7) is 4.39. The Kier molecular flexibility index (Phi) is 1.92. The number of aromatic nitrogens is 1. The van der Waals surface area contributed by atoms with Gasteiger partial charge in [0, 0.05) is 23.5 Å². The Hall–Kier alpha value is -0.410. The molecule has 2 heterocycles. The Bertz CT molecular complexity index is 238. The maximum Gasteiger partial charge on any atom is 0.0971 e. The Morgan fingerprint density at radius 1 is 1.73 bits per heavy atom. The molecule has 3 heteroatoms. The van der Waals surface area contributed by atoms with Crippen LogP contribution < -0.4 is 5.32 Å². The molecule has 2 rings (SSSR count). The van der Waals surface area contributed by atoms with Crippen LogP contribution in [0.3, 0.4) is 0 Å². The zero-order valence-electron chi connectivity index (χ0n) is 6.63. The van der Waals surface area contributed by atoms with E-state index in [1.807, 2.05) is 17.5 Å². The van der Waals surface area contributed by atoms with E-state index in [1.54, 1.807) is 0 Å². The van der Waals surface area contributed by atoms with Crippen molar-refractivity contribution in [1.29, 1.82) is 0 Å². The summed E-state index contributed by atoms with van der Waals surface area (Å²) in [4.78, 5) is 5.70. The molecule has 1 aliphatic heterocycles. The summed E-state index contributed by atoms with van der Waals surface area (Å²) in [6, 6.07) is 0. The van der Waals surface area contributed by atoms with E-state index in [0.717, 1.165) is 13.1 Å². The van der Waals surface area contributed by atoms with Gasteiger partial charge in [0.1, 0.15) is 0 Å². The maximum atomic E-state index is 4.38. The molecule has 1 N–H and O–H groups in total. The lowest BCUT2D eigenvalue weighted by Crippen LogP contribution is -2.07. The van der Waals surface area contributed by atoms with Crippen molar-refractivity contribution in [1.82, 2.24) is 10.3 Å². The number of rotatable bonds is 1. The number of nitrogens with zero attached hydrogens (tertiary/aromatic N) is 1. The lowest BCUT2D eigenvalue weighted by Gasteiger charge is -2.00. The van der Waals surface area contributed by atoms with Crippen LogP contribution in [0, 0.1) is 6.92 Å². The minimum Gasteiger partial charge on any atom is -0.316 e. The summed E-state index contributed by atoms with van der Waals surface area (Å²) >= 11 is 1.83. The Labute approximate surface area is 70.7 Å². The van der Waals surface area contributed by atoms with Crippen LogP contribution in [0.1, 0.15) is 22.2 Å². The Morgan fingerprint density at radius 2 is 2.64 bits per heavy atom. The van der Waals surface area contributed by atoms with E-state index in [4.69, 9.17) is 0 Å². The quantitative estimate of drug-likeness (QED) is 0.688. The van der Waals surface area contributed by atoms with Crippen molar-refractivity contribution >= 4 is 11.3 Å². The van der Waals surface area contributed by atoms with Crippen molar-refractivity contribution in [2.45, 2.75) is 19.3 Å². The first kappa shape index (κ1) is 7.25. The number of aryl methyl sites for hydroxylation is 1. The average Bonchev–Trinajstić information content (AvgIpc) is 2.55. The van der Waals surface area contributed by atoms with Gasteiger partial charge in [-0.15, -0.1) is 11.3 Å². The van der Waals surface area contributed by atoms with Gasteiger partial charge in [0.25, 0.3) is 0 Å². The van der Waals surface area contributed by atoms with E-state index in [-0.39, 0.29) is 0 Å². The van der Waals surface area contributed by atoms with Crippen LogP contribution in [0.25, 0.3) is 0 Å². The molecule has 0 saturated carbocycles. The third-order valence-electron chi connectivity index (χ3n) is 2.05. The largest absolute Gasteiger partial charge is 0.316 e. The number of hydrogen-bond donors (Lipinski definition) is 1. The lowest BCUT2D eigenvalue weighted by atomic mass is 10.1. The molecule has 1 atom stereocenters. The molecule has 0 radical (unpaired) electrons. The van der Waals surface area contributed by atoms with Crippen molar-refractivity contribution < 1.29 is 0 Å². The zero-order valence-corrected chi connectivity index (χ0v) is 7.45. The van der Waals surface area contributed by atoms with Gasteiger partial charge in [0.05, 0.1) is 5.01 Å². The van der Waals surface area contributed by atoms with Crippen molar-refractivity contribution in [2.24, 2.45) is 0 Å². The number of hydrogen-bond acceptors (Lipinski definition) is 3. The molecule has 0 aliphatic carbocycles. The van der Waals surface area contributed by atoms with Crippen molar-refractivity contribution in [2.75, 3.05) is 13.1 Å². The fraction of sp³-hybridized carbons (Fsp3) is 0.625. The molecule has 1 unspecified atom stereocenters. The van der Waals surface area contributed by atoms with E-state index >= 15 is 0 Å². The highest BCUT2D eigenvalue weighted by atomic mass is 32.1. The summed E-state index contributed by atoms with van der Waals surface area (Å²) in [6.07, 6.45) is 3.23. The minimum absolute atomic E-state index is 0.689. The molecule has 0 aromatic carbocycles. The van der Waals surface area contributed by atoms with E-state index in [9.17, 15) is 0 Å². The van der Waals surface area contributed by atoms with E-state index in [0.29, 0.717) is 5.92 Å². The monoisotopic (exact) mass is 168 g/mol. The molecule has 11 heavy (non-hydrogen) atoms. The smallest absolute Gasteiger partial charge is 0.0971 e. The normalized spacial score (nSPS) is 24.3. The molecule has 1 aliphatic rings. The molecule has 1 aromatic rings. The molecular weight excluding hydrogens is 156 g/mol. The van der Waals surface area contributed by atoms with Gasteiger partial charge in [-0.1, -0.05) is 0 Å². The first-order chi connectivity index (χ1) is 5.36. The van der Waals surface area contributed by atoms with Gasteiger partial charge in [-0.05, 0) is 19.9 Å². The molecule has 1 aromatic heterocycles. The van der Waals surface area contributed by atoms with Crippen LogP contribution in [-0.2, 0) is 0 Å². The zero-order chi connectivity index (χ0) is 7.68. The number of nitrogens with one attached hydrogen (secondary N) is 1. The molecule has 0 bridgehead atoms. The van der Waals surface area contributed by atoms with Crippen molar-refractivity contribution in [3.05, 3.63) is 16.1 Å². The molecule has 1 fully saturated rings. The van der Waals surface area contributed by atoms with Gasteiger partial charge in [-0.3, -0.25) is 0 Å². The molecule has 2 nitrogen and oxygen atoms in total. The maximum absolute atomic E-state index is 4.38. The predicted molar refractivity (Wildman–Crippen MR) is 47.1 cm³/mol. The molecule has 0 spiro atoms. The van der Waals surface area contributed by atoms with Gasteiger partial charge in [-0.25, -0.2) is 4.98 Å². The summed E-state index contributed by atoms with van der Waals surface area (Å²) in [5.74, 6) is 0.689. The molecule has 60 valence electrons. The van der Waals surface area contributed by atoms with E-state index in [2.05, 4.69) is 17.2 Å². The minimum atomic E-state index is 0.689. The SMILES string of the molecule is Cc1cnc(C2CCNC2)s1. The van der Waals surface area contributed by atoms with Gasteiger partial charge < -0.3 is 5.32 Å². The fourth-order valence-corrected chi connectivity index (χ4v) is 2.33. The predicted octanol–water partition coefficient (Wildman–Crippen LogP) is 1.53. The first-order valence-corrected chi connectivity index (χ1v) is 4.81. The van der Waals surface area contributed by atoms with Crippen LogP contribution in [0.2, 0.25) is 0 Å². The van der Waals surface area contributed by atoms with Crippen molar-refractivity contribution in [3.8, 4) is 0 Å². The fourth-order valence-electron chi connectivity index (χ4n) is 1.43. The summed E-state index contributed by atoms with van der Waals surface area (Å²) in [5, 5.41) is 4.66. The standard InChI is InChI=1S/C8H12N2S/c1-6-4-10-8(11-6)7-2-3-9-5-7/h4,7,9H,2-3,5H2,1H3. The third kappa shape index (κ3) is 1.44. The van der Waals surface area contributed by atoms with Gasteiger partial charge in [0.15, 0.2) is 0 Å². The second-order valence-corrected chi connectivity index (χ2v) is 4.27. The first-order valence-electron chi connectivity index (χ1n) is 3.99. The average molecular weight is 168 g/mol. The Balaban J connectivity index is 2.15. The van der Waals surface area contributed by atoms with E-state index in [1.165, 1.54) is 16.3 Å². The van der Waals surface area contributed by atoms with Crippen LogP contribution >= 0.6 is 11.3 Å². The van der Waals surface area contributed by atoms with Gasteiger partial charge in [0.2, 0.25) is 0 Å². The second kappa shape index (κ2) is 2.91. The van der Waals surface area contributed by atoms with Crippen LogP contribution in [0.15, 0.2) is 6.20 Å². The van der Waals surface area contributed by atoms with E-state index < -0.39 is 0 Å². The summed E-state index contributed by atoms with van der Waals surface area (Å²) < 4.78 is 0. The van der Waals surface area contributed by atoms with Gasteiger partial charge >= 0.3 is 0 Å². The summed E-state index contributed by atoms with van der Waals surface area (Å²) in [7, 11) is 0. The second-order valence-electron chi connectivity index (χ2n) is 3.00. The van der Waals surface area contributed by atoms with Crippen LogP contribution in [0.5, 0.6) is 0 Å². The summed E-state index contributed by atoms with van der Waals surface area (Å²) in [5.41, 5.74) is 0.